The minimum absolute atomic E-state index is 0.00209. The molecule has 50 heavy (non-hydrogen) atoms. The zero-order valence-corrected chi connectivity index (χ0v) is 30.0. The van der Waals surface area contributed by atoms with Crippen LogP contribution in [0.4, 0.5) is 0 Å². The average Bonchev–Trinajstić information content (AvgIpc) is 3.64. The van der Waals surface area contributed by atoms with Crippen LogP contribution in [0.15, 0.2) is 0 Å². The Morgan fingerprint density at radius 2 is 1.46 bits per heavy atom. The van der Waals surface area contributed by atoms with Gasteiger partial charge in [-0.25, -0.2) is 0 Å². The van der Waals surface area contributed by atoms with Crippen molar-refractivity contribution in [2.24, 2.45) is 50.7 Å². The first kappa shape index (κ1) is 36.5. The van der Waals surface area contributed by atoms with Gasteiger partial charge in [-0.05, 0) is 95.7 Å². The lowest BCUT2D eigenvalue weighted by molar-refractivity contribution is -0.335. The first-order valence-corrected chi connectivity index (χ1v) is 19.1. The third kappa shape index (κ3) is 4.78. The predicted molar refractivity (Wildman–Crippen MR) is 174 cm³/mol. The highest BCUT2D eigenvalue weighted by molar-refractivity contribution is 5.33. The normalized spacial score (nSPS) is 61.3. The van der Waals surface area contributed by atoms with E-state index in [1.165, 1.54) is 0 Å². The number of hydrogen-bond acceptors (Lipinski definition) is 13. The van der Waals surface area contributed by atoms with Gasteiger partial charge in [0.2, 0.25) is 0 Å². The molecule has 0 bridgehead atoms. The minimum atomic E-state index is -1.56. The monoisotopic (exact) mass is 712 g/mol. The maximum Gasteiger partial charge on any atom is 0.186 e. The number of ether oxygens (including phenoxy) is 5. The lowest BCUT2D eigenvalue weighted by atomic mass is 9.41. The molecule has 21 atom stereocenters. The van der Waals surface area contributed by atoms with Gasteiger partial charge in [0.05, 0.1) is 31.5 Å². The Balaban J connectivity index is 1.16. The van der Waals surface area contributed by atoms with Gasteiger partial charge in [0.15, 0.2) is 18.9 Å². The summed E-state index contributed by atoms with van der Waals surface area (Å²) in [4.78, 5) is 0. The Bertz CT molecular complexity index is 1300. The van der Waals surface area contributed by atoms with Gasteiger partial charge in [-0.3, -0.25) is 0 Å². The van der Waals surface area contributed by atoms with Crippen LogP contribution in [0.1, 0.15) is 86.0 Å². The summed E-state index contributed by atoms with van der Waals surface area (Å²) in [5, 5.41) is 84.3. The van der Waals surface area contributed by atoms with Crippen molar-refractivity contribution in [1.82, 2.24) is 0 Å². The second-order valence-corrected chi connectivity index (χ2v) is 18.8. The second-order valence-electron chi connectivity index (χ2n) is 18.8. The molecule has 0 aromatic carbocycles. The molecule has 0 radical (unpaired) electrons. The molecule has 5 aliphatic carbocycles. The van der Waals surface area contributed by atoms with Crippen molar-refractivity contribution in [2.45, 2.75) is 166 Å². The van der Waals surface area contributed by atoms with Crippen molar-refractivity contribution >= 4 is 0 Å². The molecule has 8 N–H and O–H groups in total. The third-order valence-electron chi connectivity index (χ3n) is 16.5. The molecule has 0 aromatic rings. The van der Waals surface area contributed by atoms with Crippen LogP contribution < -0.4 is 0 Å². The summed E-state index contributed by atoms with van der Waals surface area (Å²) in [5.74, 6) is 0.696. The number of aliphatic hydroxyl groups is 8. The summed E-state index contributed by atoms with van der Waals surface area (Å²) in [6.07, 6.45) is -6.88. The summed E-state index contributed by atoms with van der Waals surface area (Å²) >= 11 is 0. The van der Waals surface area contributed by atoms with Crippen LogP contribution in [0.3, 0.4) is 0 Å². The molecular weight excluding hydrogens is 652 g/mol. The summed E-state index contributed by atoms with van der Waals surface area (Å²) in [6.45, 7) is 10.7. The highest BCUT2D eigenvalue weighted by atomic mass is 16.7. The Kier molecular flexibility index (Phi) is 8.74. The topological polar surface area (TPSA) is 208 Å². The Morgan fingerprint density at radius 1 is 0.740 bits per heavy atom. The lowest BCUT2D eigenvalue weighted by Gasteiger charge is -2.65. The zero-order chi connectivity index (χ0) is 35.9. The van der Waals surface area contributed by atoms with E-state index in [0.717, 1.165) is 38.5 Å². The van der Waals surface area contributed by atoms with Crippen LogP contribution in [0, 0.1) is 50.7 Å². The number of fused-ring (bicyclic) bond motifs is 4. The van der Waals surface area contributed by atoms with Crippen LogP contribution in [0.25, 0.3) is 0 Å². The largest absolute Gasteiger partial charge is 0.394 e. The zero-order valence-electron chi connectivity index (χ0n) is 30.0. The van der Waals surface area contributed by atoms with Crippen LogP contribution in [0.2, 0.25) is 0 Å². The molecule has 13 nitrogen and oxygen atoms in total. The summed E-state index contributed by atoms with van der Waals surface area (Å²) in [7, 11) is 0. The van der Waals surface area contributed by atoms with Gasteiger partial charge in [-0.1, -0.05) is 34.6 Å². The van der Waals surface area contributed by atoms with Gasteiger partial charge < -0.3 is 64.5 Å². The highest BCUT2D eigenvalue weighted by Crippen LogP contribution is 2.89. The molecule has 13 heteroatoms. The molecule has 0 unspecified atom stereocenters. The van der Waals surface area contributed by atoms with Gasteiger partial charge >= 0.3 is 0 Å². The van der Waals surface area contributed by atoms with Gasteiger partial charge in [0.25, 0.3) is 0 Å². The van der Waals surface area contributed by atoms with E-state index < -0.39 is 79.7 Å². The van der Waals surface area contributed by atoms with E-state index in [2.05, 4.69) is 34.6 Å². The van der Waals surface area contributed by atoms with E-state index in [1.54, 1.807) is 0 Å². The molecular formula is C37H60O13. The number of rotatable bonds is 5. The maximum atomic E-state index is 11.2. The second kappa shape index (κ2) is 12.0. The van der Waals surface area contributed by atoms with E-state index in [4.69, 9.17) is 23.7 Å². The van der Waals surface area contributed by atoms with E-state index in [9.17, 15) is 40.9 Å². The molecule has 3 saturated heterocycles. The summed E-state index contributed by atoms with van der Waals surface area (Å²) in [5.41, 5.74) is -0.859. The molecule has 2 spiro atoms. The standard InChI is InChI=1S/C37H60O13/c1-16-10-23(40)47-19-12-35(5)30-18(48-32-29(45)27(43)26(42)20(13-38)49-32)11-21-33(2,3)22(50-31-28(44)25(41)17(39)14-46-31)6-7-36(21)15-37(30,36)9-8-34(35,4)24(16)19/h16-32,38-45H,6-15H2,1-5H3/t16-,17-,18-,19-,20+,21-,22-,23-,24+,25+,26+,27-,28-,29+,30+,31+,32+,34+,35+,36-,37+/m1/s1. The highest BCUT2D eigenvalue weighted by Gasteiger charge is 2.85. The SMILES string of the molecule is C[C@@H]1C[C@H](O)O[C@@H]2C[C@@]3(C)[C@@H]4[C@H](O[C@H]5O[C@@H](CO)[C@H](O)[C@@H](O)[C@@H]5O)C[C@@H]5C(C)(C)[C@H](O[C@@H]6OC[C@@H](O)[C@H](O)[C@H]6O)CC[C@@]56C[C@@]46CC[C@@]3(C)[C@@H]12. The molecule has 8 fully saturated rings. The number of hydrogen-bond donors (Lipinski definition) is 8. The summed E-state index contributed by atoms with van der Waals surface area (Å²) < 4.78 is 31.4. The van der Waals surface area contributed by atoms with Crippen molar-refractivity contribution in [3.8, 4) is 0 Å². The smallest absolute Gasteiger partial charge is 0.186 e. The summed E-state index contributed by atoms with van der Waals surface area (Å²) in [6, 6.07) is 0. The molecule has 3 aliphatic heterocycles. The van der Waals surface area contributed by atoms with Crippen molar-refractivity contribution in [2.75, 3.05) is 13.2 Å². The fourth-order valence-electron chi connectivity index (χ4n) is 14.0. The molecule has 3 heterocycles. The van der Waals surface area contributed by atoms with Gasteiger partial charge in [-0.15, -0.1) is 0 Å². The number of aliphatic hydroxyl groups excluding tert-OH is 8. The van der Waals surface area contributed by atoms with Crippen LogP contribution >= 0.6 is 0 Å². The Morgan fingerprint density at radius 3 is 2.18 bits per heavy atom. The molecule has 0 aromatic heterocycles. The molecule has 5 saturated carbocycles. The van der Waals surface area contributed by atoms with Gasteiger partial charge in [0, 0.05) is 6.42 Å². The van der Waals surface area contributed by atoms with E-state index in [-0.39, 0.29) is 64.1 Å². The van der Waals surface area contributed by atoms with Crippen molar-refractivity contribution in [3.63, 3.8) is 0 Å². The Hall–Kier alpha value is -0.520. The predicted octanol–water partition coefficient (Wildman–Crippen LogP) is 0.398. The van der Waals surface area contributed by atoms with Crippen LogP contribution in [-0.2, 0) is 23.7 Å². The van der Waals surface area contributed by atoms with E-state index in [1.807, 2.05) is 0 Å². The van der Waals surface area contributed by atoms with Gasteiger partial charge in [0.1, 0.15) is 42.7 Å². The van der Waals surface area contributed by atoms with Crippen molar-refractivity contribution < 1.29 is 64.5 Å². The molecule has 286 valence electrons. The van der Waals surface area contributed by atoms with Crippen LogP contribution in [-0.4, -0.2) is 134 Å². The van der Waals surface area contributed by atoms with Gasteiger partial charge in [-0.2, -0.15) is 0 Å². The fourth-order valence-corrected chi connectivity index (χ4v) is 14.0. The first-order chi connectivity index (χ1) is 23.5. The molecule has 0 amide bonds. The quantitative estimate of drug-likeness (QED) is 0.182. The van der Waals surface area contributed by atoms with E-state index >= 15 is 0 Å². The van der Waals surface area contributed by atoms with Crippen LogP contribution in [0.5, 0.6) is 0 Å². The van der Waals surface area contributed by atoms with E-state index in [0.29, 0.717) is 12.8 Å². The average molecular weight is 713 g/mol. The van der Waals surface area contributed by atoms with Crippen molar-refractivity contribution in [1.29, 1.82) is 0 Å². The third-order valence-corrected chi connectivity index (χ3v) is 16.5. The lowest BCUT2D eigenvalue weighted by Crippen LogP contribution is -2.65. The van der Waals surface area contributed by atoms with Crippen molar-refractivity contribution in [3.05, 3.63) is 0 Å². The minimum Gasteiger partial charge on any atom is -0.394 e. The maximum absolute atomic E-state index is 11.2. The first-order valence-electron chi connectivity index (χ1n) is 19.1. The molecule has 8 aliphatic rings. The Labute approximate surface area is 294 Å². The fraction of sp³-hybridized carbons (Fsp3) is 1.00. The molecule has 8 rings (SSSR count).